The number of hydrogen-bond donors (Lipinski definition) is 1. The minimum absolute atomic E-state index is 0. The van der Waals surface area contributed by atoms with Gasteiger partial charge in [0.05, 0.1) is 18.4 Å². The topological polar surface area (TPSA) is 66.1 Å². The minimum Gasteiger partial charge on any atom is -0.374 e. The van der Waals surface area contributed by atoms with Crippen LogP contribution in [-0.2, 0) is 24.4 Å². The number of hydrogen-bond acceptors (Lipinski definition) is 5. The van der Waals surface area contributed by atoms with Gasteiger partial charge in [-0.05, 0) is 25.0 Å². The zero-order chi connectivity index (χ0) is 19.8. The molecule has 0 bridgehead atoms. The second-order valence-electron chi connectivity index (χ2n) is 7.33. The van der Waals surface area contributed by atoms with E-state index in [4.69, 9.17) is 9.26 Å². The van der Waals surface area contributed by atoms with Crippen LogP contribution < -0.4 is 5.32 Å². The van der Waals surface area contributed by atoms with Gasteiger partial charge in [-0.1, -0.05) is 29.4 Å². The van der Waals surface area contributed by atoms with Gasteiger partial charge in [0.2, 0.25) is 0 Å². The van der Waals surface area contributed by atoms with Gasteiger partial charge in [0.15, 0.2) is 5.96 Å². The molecule has 3 rings (SSSR count). The molecular weight excluding hydrogens is 481 g/mol. The van der Waals surface area contributed by atoms with Crippen molar-refractivity contribution in [3.05, 3.63) is 53.4 Å². The molecule has 2 heterocycles. The minimum atomic E-state index is 0. The maximum Gasteiger partial charge on any atom is 0.194 e. The van der Waals surface area contributed by atoms with E-state index in [9.17, 15) is 0 Å². The Balaban J connectivity index is 0.00000300. The monoisotopic (exact) mass is 513 g/mol. The molecule has 0 unspecified atom stereocenters. The van der Waals surface area contributed by atoms with Crippen LogP contribution in [0.1, 0.15) is 30.7 Å². The van der Waals surface area contributed by atoms with Gasteiger partial charge in [0.25, 0.3) is 0 Å². The molecule has 1 aliphatic heterocycles. The number of nitrogens with zero attached hydrogens (tertiary/aromatic N) is 4. The van der Waals surface area contributed by atoms with Crippen LogP contribution in [-0.4, -0.2) is 60.2 Å². The zero-order valence-corrected chi connectivity index (χ0v) is 19.8. The van der Waals surface area contributed by atoms with E-state index in [0.29, 0.717) is 6.61 Å². The first-order valence-corrected chi connectivity index (χ1v) is 9.90. The Morgan fingerprint density at radius 3 is 2.41 bits per heavy atom. The highest BCUT2D eigenvalue weighted by Crippen LogP contribution is 2.09. The summed E-state index contributed by atoms with van der Waals surface area (Å²) in [5.41, 5.74) is 3.42. The molecule has 0 radical (unpaired) electrons. The Morgan fingerprint density at radius 1 is 1.14 bits per heavy atom. The van der Waals surface area contributed by atoms with Gasteiger partial charge in [-0.3, -0.25) is 9.89 Å². The molecule has 0 amide bonds. The fraction of sp³-hybridized carbons (Fsp3) is 0.524. The molecule has 1 aromatic heterocycles. The lowest BCUT2D eigenvalue weighted by molar-refractivity contribution is 0.0657. The van der Waals surface area contributed by atoms with Crippen molar-refractivity contribution >= 4 is 29.9 Å². The third-order valence-corrected chi connectivity index (χ3v) is 4.82. The molecule has 1 fully saturated rings. The fourth-order valence-corrected chi connectivity index (χ4v) is 3.20. The van der Waals surface area contributed by atoms with E-state index in [0.717, 1.165) is 50.9 Å². The third-order valence-electron chi connectivity index (χ3n) is 4.82. The predicted octanol–water partition coefficient (Wildman–Crippen LogP) is 3.11. The molecule has 1 aliphatic rings. The summed E-state index contributed by atoms with van der Waals surface area (Å²) in [4.78, 5) is 9.16. The Labute approximate surface area is 190 Å². The molecule has 1 saturated heterocycles. The number of rotatable bonds is 7. The zero-order valence-electron chi connectivity index (χ0n) is 17.5. The number of nitrogens with one attached hydrogen (secondary N) is 1. The average Bonchev–Trinajstić information content (AvgIpc) is 3.22. The highest BCUT2D eigenvalue weighted by molar-refractivity contribution is 14.0. The summed E-state index contributed by atoms with van der Waals surface area (Å²) in [6, 6.07) is 10.5. The molecule has 29 heavy (non-hydrogen) atoms. The van der Waals surface area contributed by atoms with E-state index >= 15 is 0 Å². The third kappa shape index (κ3) is 7.60. The first-order valence-electron chi connectivity index (χ1n) is 9.90. The molecule has 0 spiro atoms. The number of benzene rings is 1. The SMILES string of the molecule is CN=C(NCc1ccc(COC(C)C)cc1)N1CCN(Cc2ccon2)CC1.I. The van der Waals surface area contributed by atoms with Gasteiger partial charge in [-0.25, -0.2) is 0 Å². The molecule has 0 atom stereocenters. The standard InChI is InChI=1S/C21H31N5O2.HI/c1-17(2)27-16-19-6-4-18(5-7-19)14-23-21(22-3)26-11-9-25(10-12-26)15-20-8-13-28-24-20;/h4-8,13,17H,9-12,14-16H2,1-3H3,(H,22,23);1H. The van der Waals surface area contributed by atoms with Crippen molar-refractivity contribution in [1.82, 2.24) is 20.3 Å². The molecular formula is C21H32IN5O2. The van der Waals surface area contributed by atoms with Crippen molar-refractivity contribution in [2.45, 2.75) is 39.6 Å². The molecule has 1 aromatic carbocycles. The van der Waals surface area contributed by atoms with E-state index in [2.05, 4.69) is 63.4 Å². The van der Waals surface area contributed by atoms with E-state index in [1.807, 2.05) is 13.1 Å². The molecule has 8 heteroatoms. The molecule has 160 valence electrons. The van der Waals surface area contributed by atoms with E-state index < -0.39 is 0 Å². The van der Waals surface area contributed by atoms with E-state index in [1.165, 1.54) is 11.1 Å². The summed E-state index contributed by atoms with van der Waals surface area (Å²) in [5.74, 6) is 0.952. The van der Waals surface area contributed by atoms with E-state index in [-0.39, 0.29) is 30.1 Å². The number of aromatic nitrogens is 1. The quantitative estimate of drug-likeness (QED) is 0.349. The fourth-order valence-electron chi connectivity index (χ4n) is 3.20. The van der Waals surface area contributed by atoms with Crippen molar-refractivity contribution in [3.63, 3.8) is 0 Å². The first kappa shape index (κ1) is 23.6. The number of aliphatic imine (C=N–C) groups is 1. The lowest BCUT2D eigenvalue weighted by Crippen LogP contribution is -2.52. The van der Waals surface area contributed by atoms with Gasteiger partial charge in [-0.2, -0.15) is 0 Å². The van der Waals surface area contributed by atoms with Gasteiger partial charge in [0, 0.05) is 52.4 Å². The van der Waals surface area contributed by atoms with Crippen LogP contribution in [0.15, 0.2) is 46.1 Å². The Morgan fingerprint density at radius 2 is 1.83 bits per heavy atom. The van der Waals surface area contributed by atoms with Gasteiger partial charge >= 0.3 is 0 Å². The number of halogens is 1. The Bertz CT molecular complexity index is 726. The van der Waals surface area contributed by atoms with Crippen LogP contribution in [0.5, 0.6) is 0 Å². The Kier molecular flexibility index (Phi) is 9.89. The summed E-state index contributed by atoms with van der Waals surface area (Å²) >= 11 is 0. The van der Waals surface area contributed by atoms with Crippen LogP contribution >= 0.6 is 24.0 Å². The lowest BCUT2D eigenvalue weighted by Gasteiger charge is -2.36. The lowest BCUT2D eigenvalue weighted by atomic mass is 10.1. The average molecular weight is 513 g/mol. The normalized spacial score (nSPS) is 15.4. The van der Waals surface area contributed by atoms with Gasteiger partial charge in [0.1, 0.15) is 6.26 Å². The van der Waals surface area contributed by atoms with Crippen molar-refractivity contribution in [2.24, 2.45) is 4.99 Å². The summed E-state index contributed by atoms with van der Waals surface area (Å²) in [5, 5.41) is 7.48. The molecule has 2 aromatic rings. The van der Waals surface area contributed by atoms with Crippen LogP contribution in [0.2, 0.25) is 0 Å². The summed E-state index contributed by atoms with van der Waals surface area (Å²) in [6.07, 6.45) is 1.88. The maximum atomic E-state index is 5.65. The highest BCUT2D eigenvalue weighted by Gasteiger charge is 2.20. The van der Waals surface area contributed by atoms with Gasteiger partial charge in [-0.15, -0.1) is 24.0 Å². The van der Waals surface area contributed by atoms with Crippen molar-refractivity contribution in [3.8, 4) is 0 Å². The van der Waals surface area contributed by atoms with Crippen LogP contribution in [0.4, 0.5) is 0 Å². The molecule has 0 saturated carbocycles. The van der Waals surface area contributed by atoms with Crippen molar-refractivity contribution in [2.75, 3.05) is 33.2 Å². The van der Waals surface area contributed by atoms with E-state index in [1.54, 1.807) is 6.26 Å². The maximum absolute atomic E-state index is 5.65. The summed E-state index contributed by atoms with van der Waals surface area (Å²) < 4.78 is 10.6. The van der Waals surface area contributed by atoms with Crippen LogP contribution in [0, 0.1) is 0 Å². The number of piperazine rings is 1. The highest BCUT2D eigenvalue weighted by atomic mass is 127. The summed E-state index contributed by atoms with van der Waals surface area (Å²) in [6.45, 7) is 10.2. The second-order valence-corrected chi connectivity index (χ2v) is 7.33. The second kappa shape index (κ2) is 12.1. The Hall–Kier alpha value is -1.65. The first-order chi connectivity index (χ1) is 13.6. The van der Waals surface area contributed by atoms with Crippen LogP contribution in [0.25, 0.3) is 0 Å². The molecule has 7 nitrogen and oxygen atoms in total. The van der Waals surface area contributed by atoms with Crippen molar-refractivity contribution < 1.29 is 9.26 Å². The van der Waals surface area contributed by atoms with Crippen molar-refractivity contribution in [1.29, 1.82) is 0 Å². The largest absolute Gasteiger partial charge is 0.374 e. The van der Waals surface area contributed by atoms with Gasteiger partial charge < -0.3 is 19.5 Å². The molecule has 1 N–H and O–H groups in total. The number of guanidine groups is 1. The number of ether oxygens (including phenoxy) is 1. The predicted molar refractivity (Wildman–Crippen MR) is 125 cm³/mol. The smallest absolute Gasteiger partial charge is 0.194 e. The summed E-state index contributed by atoms with van der Waals surface area (Å²) in [7, 11) is 1.84. The molecule has 0 aliphatic carbocycles. The van der Waals surface area contributed by atoms with Crippen LogP contribution in [0.3, 0.4) is 0 Å².